The fourth-order valence-electron chi connectivity index (χ4n) is 2.19. The molecule has 17 heavy (non-hydrogen) atoms. The predicted octanol–water partition coefficient (Wildman–Crippen LogP) is 2.82. The summed E-state index contributed by atoms with van der Waals surface area (Å²) in [6.07, 6.45) is 5.61. The number of fused-ring (bicyclic) bond motifs is 1. The van der Waals surface area contributed by atoms with Crippen LogP contribution in [-0.2, 0) is 6.42 Å². The van der Waals surface area contributed by atoms with Gasteiger partial charge in [-0.25, -0.2) is 0 Å². The SMILES string of the molecule is CCCCCNC1CCc2c(O)cccc2O1. The van der Waals surface area contributed by atoms with Gasteiger partial charge < -0.3 is 9.84 Å². The summed E-state index contributed by atoms with van der Waals surface area (Å²) >= 11 is 0. The summed E-state index contributed by atoms with van der Waals surface area (Å²) in [6, 6.07) is 5.47. The second-order valence-electron chi connectivity index (χ2n) is 4.56. The van der Waals surface area contributed by atoms with Crippen LogP contribution >= 0.6 is 0 Å². The fourth-order valence-corrected chi connectivity index (χ4v) is 2.19. The van der Waals surface area contributed by atoms with Crippen LogP contribution in [0.4, 0.5) is 0 Å². The minimum absolute atomic E-state index is 0.0983. The fraction of sp³-hybridized carbons (Fsp3) is 0.571. The maximum Gasteiger partial charge on any atom is 0.150 e. The molecule has 1 heterocycles. The molecule has 0 fully saturated rings. The third kappa shape index (κ3) is 3.13. The minimum Gasteiger partial charge on any atom is -0.508 e. The molecule has 1 aliphatic heterocycles. The quantitative estimate of drug-likeness (QED) is 0.771. The Morgan fingerprint density at radius 1 is 1.41 bits per heavy atom. The zero-order valence-corrected chi connectivity index (χ0v) is 10.4. The maximum atomic E-state index is 9.69. The van der Waals surface area contributed by atoms with Gasteiger partial charge in [0.15, 0.2) is 6.23 Å². The molecule has 2 N–H and O–H groups in total. The zero-order valence-electron chi connectivity index (χ0n) is 10.4. The number of phenols is 1. The van der Waals surface area contributed by atoms with Crippen molar-refractivity contribution in [1.82, 2.24) is 5.32 Å². The van der Waals surface area contributed by atoms with E-state index in [0.29, 0.717) is 5.75 Å². The highest BCUT2D eigenvalue weighted by Crippen LogP contribution is 2.33. The van der Waals surface area contributed by atoms with E-state index in [4.69, 9.17) is 4.74 Å². The van der Waals surface area contributed by atoms with Gasteiger partial charge in [-0.05, 0) is 31.5 Å². The smallest absolute Gasteiger partial charge is 0.150 e. The number of hydrogen-bond donors (Lipinski definition) is 2. The van der Waals surface area contributed by atoms with E-state index in [1.807, 2.05) is 12.1 Å². The molecule has 1 unspecified atom stereocenters. The standard InChI is InChI=1S/C14H21NO2/c1-2-3-4-10-15-14-9-8-11-12(16)6-5-7-13(11)17-14/h5-7,14-16H,2-4,8-10H2,1H3. The second kappa shape index (κ2) is 5.92. The van der Waals surface area contributed by atoms with Crippen LogP contribution < -0.4 is 10.1 Å². The number of aromatic hydroxyl groups is 1. The van der Waals surface area contributed by atoms with Crippen molar-refractivity contribution in [3.8, 4) is 11.5 Å². The Morgan fingerprint density at radius 3 is 3.12 bits per heavy atom. The molecule has 1 aromatic carbocycles. The molecule has 2 rings (SSSR count). The maximum absolute atomic E-state index is 9.69. The Kier molecular flexibility index (Phi) is 4.26. The molecule has 0 aromatic heterocycles. The first-order valence-electron chi connectivity index (χ1n) is 6.52. The first-order chi connectivity index (χ1) is 8.31. The van der Waals surface area contributed by atoms with Crippen LogP contribution in [0.1, 0.15) is 38.2 Å². The molecule has 1 aliphatic rings. The van der Waals surface area contributed by atoms with Crippen molar-refractivity contribution in [2.24, 2.45) is 0 Å². The number of hydrogen-bond acceptors (Lipinski definition) is 3. The number of phenolic OH excluding ortho intramolecular Hbond substituents is 1. The summed E-state index contributed by atoms with van der Waals surface area (Å²) in [5.74, 6) is 1.18. The second-order valence-corrected chi connectivity index (χ2v) is 4.56. The number of benzene rings is 1. The Morgan fingerprint density at radius 2 is 2.29 bits per heavy atom. The van der Waals surface area contributed by atoms with E-state index >= 15 is 0 Å². The third-order valence-corrected chi connectivity index (χ3v) is 3.19. The van der Waals surface area contributed by atoms with E-state index in [2.05, 4.69) is 12.2 Å². The van der Waals surface area contributed by atoms with Crippen molar-refractivity contribution in [2.75, 3.05) is 6.54 Å². The lowest BCUT2D eigenvalue weighted by molar-refractivity contribution is 0.136. The van der Waals surface area contributed by atoms with Gasteiger partial charge in [0.05, 0.1) is 0 Å². The number of nitrogens with one attached hydrogen (secondary N) is 1. The highest BCUT2D eigenvalue weighted by atomic mass is 16.5. The molecule has 1 atom stereocenters. The number of ether oxygens (including phenoxy) is 1. The summed E-state index contributed by atoms with van der Waals surface area (Å²) in [5.41, 5.74) is 0.944. The normalized spacial score (nSPS) is 18.5. The largest absolute Gasteiger partial charge is 0.508 e. The summed E-state index contributed by atoms with van der Waals surface area (Å²) in [4.78, 5) is 0. The Labute approximate surface area is 103 Å². The van der Waals surface area contributed by atoms with Gasteiger partial charge in [-0.15, -0.1) is 0 Å². The molecule has 0 aliphatic carbocycles. The first-order valence-corrected chi connectivity index (χ1v) is 6.52. The molecule has 0 bridgehead atoms. The van der Waals surface area contributed by atoms with Gasteiger partial charge in [0.25, 0.3) is 0 Å². The predicted molar refractivity (Wildman–Crippen MR) is 68.4 cm³/mol. The minimum atomic E-state index is 0.0983. The van der Waals surface area contributed by atoms with Crippen LogP contribution in [0.25, 0.3) is 0 Å². The van der Waals surface area contributed by atoms with E-state index < -0.39 is 0 Å². The molecule has 0 radical (unpaired) electrons. The van der Waals surface area contributed by atoms with E-state index in [9.17, 15) is 5.11 Å². The Hall–Kier alpha value is -1.22. The number of rotatable bonds is 5. The molecule has 0 saturated carbocycles. The molecule has 94 valence electrons. The van der Waals surface area contributed by atoms with Crippen LogP contribution in [0.15, 0.2) is 18.2 Å². The van der Waals surface area contributed by atoms with Crippen LogP contribution in [0.3, 0.4) is 0 Å². The molecule has 1 aromatic rings. The Balaban J connectivity index is 1.86. The summed E-state index contributed by atoms with van der Waals surface area (Å²) in [6.45, 7) is 3.21. The van der Waals surface area contributed by atoms with Crippen molar-refractivity contribution >= 4 is 0 Å². The monoisotopic (exact) mass is 235 g/mol. The van der Waals surface area contributed by atoms with Crippen LogP contribution in [0, 0.1) is 0 Å². The molecule has 3 nitrogen and oxygen atoms in total. The van der Waals surface area contributed by atoms with E-state index in [0.717, 1.165) is 30.7 Å². The molecule has 0 amide bonds. The average Bonchev–Trinajstić information content (AvgIpc) is 2.35. The van der Waals surface area contributed by atoms with Crippen molar-refractivity contribution in [2.45, 2.75) is 45.3 Å². The van der Waals surface area contributed by atoms with Crippen molar-refractivity contribution in [3.05, 3.63) is 23.8 Å². The lowest BCUT2D eigenvalue weighted by atomic mass is 10.0. The van der Waals surface area contributed by atoms with Crippen molar-refractivity contribution in [3.63, 3.8) is 0 Å². The van der Waals surface area contributed by atoms with E-state index in [1.54, 1.807) is 6.07 Å². The average molecular weight is 235 g/mol. The van der Waals surface area contributed by atoms with Gasteiger partial charge in [0.1, 0.15) is 11.5 Å². The molecule has 0 saturated heterocycles. The van der Waals surface area contributed by atoms with Gasteiger partial charge in [-0.3, -0.25) is 5.32 Å². The van der Waals surface area contributed by atoms with Gasteiger partial charge >= 0.3 is 0 Å². The van der Waals surface area contributed by atoms with Gasteiger partial charge in [0.2, 0.25) is 0 Å². The highest BCUT2D eigenvalue weighted by molar-refractivity contribution is 5.45. The van der Waals surface area contributed by atoms with Crippen LogP contribution in [0.2, 0.25) is 0 Å². The summed E-state index contributed by atoms with van der Waals surface area (Å²) in [5, 5.41) is 13.1. The topological polar surface area (TPSA) is 41.5 Å². The van der Waals surface area contributed by atoms with Crippen LogP contribution in [0.5, 0.6) is 11.5 Å². The van der Waals surface area contributed by atoms with Crippen LogP contribution in [-0.4, -0.2) is 17.9 Å². The lowest BCUT2D eigenvalue weighted by Gasteiger charge is -2.27. The van der Waals surface area contributed by atoms with E-state index in [1.165, 1.54) is 19.3 Å². The van der Waals surface area contributed by atoms with Gasteiger partial charge in [-0.1, -0.05) is 25.8 Å². The summed E-state index contributed by atoms with van der Waals surface area (Å²) < 4.78 is 5.82. The Bertz CT molecular complexity index is 365. The zero-order chi connectivity index (χ0) is 12.1. The van der Waals surface area contributed by atoms with Gasteiger partial charge in [-0.2, -0.15) is 0 Å². The molecule has 3 heteroatoms. The van der Waals surface area contributed by atoms with Crippen molar-refractivity contribution in [1.29, 1.82) is 0 Å². The summed E-state index contributed by atoms with van der Waals surface area (Å²) in [7, 11) is 0. The first kappa shape index (κ1) is 12.2. The molecule has 0 spiro atoms. The third-order valence-electron chi connectivity index (χ3n) is 3.19. The molecular weight excluding hydrogens is 214 g/mol. The van der Waals surface area contributed by atoms with Gasteiger partial charge in [0, 0.05) is 12.0 Å². The lowest BCUT2D eigenvalue weighted by Crippen LogP contribution is -2.37. The molecular formula is C14H21NO2. The van der Waals surface area contributed by atoms with E-state index in [-0.39, 0.29) is 6.23 Å². The van der Waals surface area contributed by atoms with Crippen molar-refractivity contribution < 1.29 is 9.84 Å². The number of unbranched alkanes of at least 4 members (excludes halogenated alkanes) is 2. The highest BCUT2D eigenvalue weighted by Gasteiger charge is 2.20.